The van der Waals surface area contributed by atoms with Crippen molar-refractivity contribution in [3.63, 3.8) is 0 Å². The summed E-state index contributed by atoms with van der Waals surface area (Å²) in [5.74, 6) is -0.129. The van der Waals surface area contributed by atoms with Crippen molar-refractivity contribution in [3.8, 4) is 6.07 Å². The minimum atomic E-state index is -2.99. The first kappa shape index (κ1) is 17.9. The van der Waals surface area contributed by atoms with Crippen LogP contribution >= 0.6 is 0 Å². The van der Waals surface area contributed by atoms with Gasteiger partial charge in [0.25, 0.3) is 5.91 Å². The van der Waals surface area contributed by atoms with Crippen molar-refractivity contribution in [2.24, 2.45) is 0 Å². The number of carbonyl (C=O) groups excluding carboxylic acids is 1. The quantitative estimate of drug-likeness (QED) is 0.881. The maximum absolute atomic E-state index is 12.5. The standard InChI is InChI=1S/C18H18N4O3S/c1-22(15-7-9-26(24,25)12-15)14-6-8-20-17(10-14)18(23)21-16-5-3-2-4-13(16)11-19/h2-6,8,10,15H,7,9,12H2,1H3,(H,21,23). The SMILES string of the molecule is CN(c1ccnc(C(=O)Nc2ccccc2C#N)c1)C1CCS(=O)(=O)C1. The number of anilines is 2. The molecule has 1 N–H and O–H groups in total. The first-order valence-electron chi connectivity index (χ1n) is 8.09. The fourth-order valence-corrected chi connectivity index (χ4v) is 4.70. The Morgan fingerprint density at radius 3 is 2.81 bits per heavy atom. The van der Waals surface area contributed by atoms with E-state index in [0.29, 0.717) is 17.7 Å². The van der Waals surface area contributed by atoms with Crippen molar-refractivity contribution in [2.45, 2.75) is 12.5 Å². The highest BCUT2D eigenvalue weighted by Gasteiger charge is 2.31. The number of sulfone groups is 1. The maximum Gasteiger partial charge on any atom is 0.274 e. The van der Waals surface area contributed by atoms with Crippen LogP contribution in [0.1, 0.15) is 22.5 Å². The molecule has 0 saturated carbocycles. The number of hydrogen-bond donors (Lipinski definition) is 1. The van der Waals surface area contributed by atoms with Crippen LogP contribution in [0.25, 0.3) is 0 Å². The lowest BCUT2D eigenvalue weighted by atomic mass is 10.2. The Kier molecular flexibility index (Phi) is 4.91. The normalized spacial score (nSPS) is 18.1. The van der Waals surface area contributed by atoms with E-state index in [4.69, 9.17) is 5.26 Å². The highest BCUT2D eigenvalue weighted by molar-refractivity contribution is 7.91. The molecule has 1 aromatic carbocycles. The highest BCUT2D eigenvalue weighted by Crippen LogP contribution is 2.23. The van der Waals surface area contributed by atoms with Crippen molar-refractivity contribution in [1.82, 2.24) is 4.98 Å². The first-order valence-corrected chi connectivity index (χ1v) is 9.91. The molecule has 0 bridgehead atoms. The number of para-hydroxylation sites is 1. The van der Waals surface area contributed by atoms with Crippen LogP contribution in [0.4, 0.5) is 11.4 Å². The Bertz CT molecular complexity index is 982. The third kappa shape index (κ3) is 3.83. The van der Waals surface area contributed by atoms with Gasteiger partial charge in [0.1, 0.15) is 11.8 Å². The van der Waals surface area contributed by atoms with E-state index >= 15 is 0 Å². The number of pyridine rings is 1. The molecule has 0 radical (unpaired) electrons. The molecule has 2 aromatic rings. The number of nitriles is 1. The summed E-state index contributed by atoms with van der Waals surface area (Å²) in [4.78, 5) is 18.4. The zero-order chi connectivity index (χ0) is 18.7. The highest BCUT2D eigenvalue weighted by atomic mass is 32.2. The van der Waals surface area contributed by atoms with Gasteiger partial charge in [0.15, 0.2) is 9.84 Å². The van der Waals surface area contributed by atoms with Crippen LogP contribution in [0.5, 0.6) is 0 Å². The van der Waals surface area contributed by atoms with E-state index in [1.165, 1.54) is 6.20 Å². The number of nitrogens with zero attached hydrogens (tertiary/aromatic N) is 3. The average molecular weight is 370 g/mol. The van der Waals surface area contributed by atoms with Crippen molar-refractivity contribution in [2.75, 3.05) is 28.8 Å². The van der Waals surface area contributed by atoms with Crippen molar-refractivity contribution in [1.29, 1.82) is 5.26 Å². The lowest BCUT2D eigenvalue weighted by Crippen LogP contribution is -2.32. The monoisotopic (exact) mass is 370 g/mol. The van der Waals surface area contributed by atoms with Crippen LogP contribution in [0, 0.1) is 11.3 Å². The number of aromatic nitrogens is 1. The fraction of sp³-hybridized carbons (Fsp3) is 0.278. The van der Waals surface area contributed by atoms with Crippen LogP contribution < -0.4 is 10.2 Å². The van der Waals surface area contributed by atoms with Crippen molar-refractivity contribution < 1.29 is 13.2 Å². The molecular formula is C18H18N4O3S. The zero-order valence-corrected chi connectivity index (χ0v) is 15.0. The summed E-state index contributed by atoms with van der Waals surface area (Å²) in [6.45, 7) is 0. The number of rotatable bonds is 4. The zero-order valence-electron chi connectivity index (χ0n) is 14.2. The molecule has 1 aliphatic rings. The maximum atomic E-state index is 12.5. The molecule has 0 spiro atoms. The lowest BCUT2D eigenvalue weighted by Gasteiger charge is -2.25. The Morgan fingerprint density at radius 1 is 1.35 bits per heavy atom. The van der Waals surface area contributed by atoms with Gasteiger partial charge in [-0.3, -0.25) is 9.78 Å². The second-order valence-electron chi connectivity index (χ2n) is 6.18. The number of carbonyl (C=O) groups is 1. The second kappa shape index (κ2) is 7.14. The second-order valence-corrected chi connectivity index (χ2v) is 8.41. The van der Waals surface area contributed by atoms with Crippen LogP contribution in [0.15, 0.2) is 42.6 Å². The summed E-state index contributed by atoms with van der Waals surface area (Å²) in [5, 5.41) is 11.8. The van der Waals surface area contributed by atoms with Gasteiger partial charge in [-0.2, -0.15) is 5.26 Å². The Morgan fingerprint density at radius 2 is 2.12 bits per heavy atom. The Hall–Kier alpha value is -2.92. The van der Waals surface area contributed by atoms with E-state index in [-0.39, 0.29) is 23.2 Å². The average Bonchev–Trinajstić information content (AvgIpc) is 3.01. The van der Waals surface area contributed by atoms with Crippen molar-refractivity contribution in [3.05, 3.63) is 53.9 Å². The molecule has 8 heteroatoms. The molecule has 1 atom stereocenters. The third-order valence-corrected chi connectivity index (χ3v) is 6.19. The molecular weight excluding hydrogens is 352 g/mol. The lowest BCUT2D eigenvalue weighted by molar-refractivity contribution is 0.102. The van der Waals surface area contributed by atoms with Gasteiger partial charge in [0, 0.05) is 25.0 Å². The Balaban J connectivity index is 1.79. The smallest absolute Gasteiger partial charge is 0.274 e. The van der Waals surface area contributed by atoms with E-state index in [2.05, 4.69) is 10.3 Å². The first-order chi connectivity index (χ1) is 12.4. The van der Waals surface area contributed by atoms with Gasteiger partial charge in [-0.05, 0) is 30.7 Å². The van der Waals surface area contributed by atoms with E-state index in [0.717, 1.165) is 5.69 Å². The fourth-order valence-electron chi connectivity index (χ4n) is 2.93. The number of benzene rings is 1. The summed E-state index contributed by atoms with van der Waals surface area (Å²) in [5.41, 5.74) is 1.71. The minimum Gasteiger partial charge on any atom is -0.370 e. The van der Waals surface area contributed by atoms with Crippen LogP contribution in [0.3, 0.4) is 0 Å². The minimum absolute atomic E-state index is 0.113. The molecule has 1 fully saturated rings. The van der Waals surface area contributed by atoms with E-state index in [1.807, 2.05) is 18.0 Å². The molecule has 26 heavy (non-hydrogen) atoms. The van der Waals surface area contributed by atoms with E-state index in [1.54, 1.807) is 36.4 Å². The van der Waals surface area contributed by atoms with Crippen molar-refractivity contribution >= 4 is 27.1 Å². The van der Waals surface area contributed by atoms with Gasteiger partial charge < -0.3 is 10.2 Å². The van der Waals surface area contributed by atoms with Gasteiger partial charge in [0.05, 0.1) is 22.8 Å². The molecule has 1 amide bonds. The summed E-state index contributed by atoms with van der Waals surface area (Å²) in [6.07, 6.45) is 2.08. The summed E-state index contributed by atoms with van der Waals surface area (Å²) in [6, 6.07) is 12.0. The van der Waals surface area contributed by atoms with E-state index < -0.39 is 15.7 Å². The molecule has 1 aliphatic heterocycles. The summed E-state index contributed by atoms with van der Waals surface area (Å²) < 4.78 is 23.4. The predicted octanol–water partition coefficient (Wildman–Crippen LogP) is 1.83. The molecule has 1 unspecified atom stereocenters. The van der Waals surface area contributed by atoms with Gasteiger partial charge in [0.2, 0.25) is 0 Å². The predicted molar refractivity (Wildman–Crippen MR) is 98.8 cm³/mol. The number of hydrogen-bond acceptors (Lipinski definition) is 6. The van der Waals surface area contributed by atoms with Crippen LogP contribution in [0.2, 0.25) is 0 Å². The molecule has 7 nitrogen and oxygen atoms in total. The van der Waals surface area contributed by atoms with Crippen LogP contribution in [-0.2, 0) is 9.84 Å². The van der Waals surface area contributed by atoms with Crippen LogP contribution in [-0.4, -0.2) is 43.9 Å². The molecule has 1 aromatic heterocycles. The number of amides is 1. The molecule has 2 heterocycles. The molecule has 1 saturated heterocycles. The largest absolute Gasteiger partial charge is 0.370 e. The molecule has 134 valence electrons. The van der Waals surface area contributed by atoms with Gasteiger partial charge in [-0.25, -0.2) is 8.42 Å². The third-order valence-electron chi connectivity index (χ3n) is 4.44. The summed E-state index contributed by atoms with van der Waals surface area (Å²) >= 11 is 0. The van der Waals surface area contributed by atoms with Gasteiger partial charge in [-0.1, -0.05) is 12.1 Å². The molecule has 0 aliphatic carbocycles. The van der Waals surface area contributed by atoms with Gasteiger partial charge in [-0.15, -0.1) is 0 Å². The molecule has 3 rings (SSSR count). The topological polar surface area (TPSA) is 103 Å². The van der Waals surface area contributed by atoms with E-state index in [9.17, 15) is 13.2 Å². The Labute approximate surface area is 152 Å². The summed E-state index contributed by atoms with van der Waals surface area (Å²) in [7, 11) is -1.18. The van der Waals surface area contributed by atoms with Gasteiger partial charge >= 0.3 is 0 Å². The number of nitrogens with one attached hydrogen (secondary N) is 1.